The molecule has 3 rings (SSSR count). The first-order chi connectivity index (χ1) is 14.8. The third-order valence-corrected chi connectivity index (χ3v) is 6.12. The van der Waals surface area contributed by atoms with Gasteiger partial charge in [-0.15, -0.1) is 0 Å². The van der Waals surface area contributed by atoms with Crippen LogP contribution < -0.4 is 10.2 Å². The van der Waals surface area contributed by atoms with E-state index in [1.54, 1.807) is 0 Å². The van der Waals surface area contributed by atoms with Crippen LogP contribution in [-0.4, -0.2) is 59.9 Å². The van der Waals surface area contributed by atoms with Gasteiger partial charge in [0.2, 0.25) is 5.91 Å². The van der Waals surface area contributed by atoms with Gasteiger partial charge in [-0.2, -0.15) is 5.10 Å². The molecule has 1 aliphatic heterocycles. The van der Waals surface area contributed by atoms with Crippen LogP contribution >= 0.6 is 0 Å². The highest BCUT2D eigenvalue weighted by Gasteiger charge is 2.18. The van der Waals surface area contributed by atoms with E-state index in [1.807, 2.05) is 11.6 Å². The highest BCUT2D eigenvalue weighted by Crippen LogP contribution is 2.18. The Kier molecular flexibility index (Phi) is 8.13. The minimum atomic E-state index is 0.0968. The molecule has 1 N–H and O–H groups in total. The van der Waals surface area contributed by atoms with Gasteiger partial charge in [-0.25, -0.2) is 0 Å². The lowest BCUT2D eigenvalue weighted by Crippen LogP contribution is -2.47. The fourth-order valence-electron chi connectivity index (χ4n) is 4.32. The molecule has 0 spiro atoms. The van der Waals surface area contributed by atoms with Crippen LogP contribution in [0.15, 0.2) is 24.3 Å². The number of hydrogen-bond donors (Lipinski definition) is 1. The molecule has 1 aliphatic rings. The zero-order valence-electron chi connectivity index (χ0n) is 19.9. The first-order valence-electron chi connectivity index (χ1n) is 11.7. The highest BCUT2D eigenvalue weighted by atomic mass is 16.1. The summed E-state index contributed by atoms with van der Waals surface area (Å²) in [5, 5.41) is 7.72. The van der Waals surface area contributed by atoms with Gasteiger partial charge in [-0.1, -0.05) is 26.0 Å². The van der Waals surface area contributed by atoms with Crippen molar-refractivity contribution in [2.45, 2.75) is 54.0 Å². The lowest BCUT2D eigenvalue weighted by molar-refractivity contribution is -0.120. The van der Waals surface area contributed by atoms with Gasteiger partial charge in [0.05, 0.1) is 12.1 Å². The molecule has 0 unspecified atom stereocenters. The Morgan fingerprint density at radius 2 is 1.87 bits per heavy atom. The Hall–Kier alpha value is -2.34. The van der Waals surface area contributed by atoms with Crippen molar-refractivity contribution in [3.8, 4) is 0 Å². The molecule has 1 saturated heterocycles. The van der Waals surface area contributed by atoms with Crippen LogP contribution in [0, 0.1) is 26.7 Å². The zero-order valence-corrected chi connectivity index (χ0v) is 19.9. The number of piperazine rings is 1. The summed E-state index contributed by atoms with van der Waals surface area (Å²) < 4.78 is 2.04. The molecule has 6 heteroatoms. The number of carbonyl (C=O) groups excluding carboxylic acids is 1. The van der Waals surface area contributed by atoms with Gasteiger partial charge in [-0.05, 0) is 57.4 Å². The van der Waals surface area contributed by atoms with Gasteiger partial charge in [0, 0.05) is 56.2 Å². The topological polar surface area (TPSA) is 53.4 Å². The maximum Gasteiger partial charge on any atom is 0.224 e. The van der Waals surface area contributed by atoms with Crippen LogP contribution in [-0.2, 0) is 17.8 Å². The molecule has 2 heterocycles. The summed E-state index contributed by atoms with van der Waals surface area (Å²) in [6.07, 6.45) is 1.41. The molecule has 2 aromatic rings. The van der Waals surface area contributed by atoms with Crippen molar-refractivity contribution in [2.75, 3.05) is 44.2 Å². The molecular formula is C25H39N5O. The molecule has 170 valence electrons. The number of rotatable bonds is 9. The third-order valence-electron chi connectivity index (χ3n) is 6.12. The van der Waals surface area contributed by atoms with Crippen molar-refractivity contribution in [3.05, 3.63) is 46.8 Å². The number of hydrogen-bond acceptors (Lipinski definition) is 4. The average molecular weight is 426 g/mol. The number of amides is 1. The molecule has 0 saturated carbocycles. The van der Waals surface area contributed by atoms with E-state index in [1.165, 1.54) is 11.3 Å². The van der Waals surface area contributed by atoms with Crippen LogP contribution in [0.2, 0.25) is 0 Å². The molecule has 1 aromatic heterocycles. The molecular weight excluding hydrogens is 386 g/mol. The quantitative estimate of drug-likeness (QED) is 0.626. The standard InChI is InChI=1S/C25H39N5O/c1-19(2)18-30-22(5)24(21(4)27-30)17-25(31)26-10-7-11-28-12-14-29(15-13-28)23-9-6-8-20(3)16-23/h6,8-9,16,19H,7,10-15,17-18H2,1-5H3,(H,26,31). The van der Waals surface area contributed by atoms with E-state index >= 15 is 0 Å². The number of benzene rings is 1. The van der Waals surface area contributed by atoms with E-state index in [-0.39, 0.29) is 5.91 Å². The molecule has 31 heavy (non-hydrogen) atoms. The maximum absolute atomic E-state index is 12.5. The van der Waals surface area contributed by atoms with Crippen molar-refractivity contribution in [2.24, 2.45) is 5.92 Å². The van der Waals surface area contributed by atoms with Crippen LogP contribution in [0.5, 0.6) is 0 Å². The third kappa shape index (κ3) is 6.57. The summed E-state index contributed by atoms with van der Waals surface area (Å²) in [5.41, 5.74) is 5.81. The Morgan fingerprint density at radius 1 is 1.13 bits per heavy atom. The number of nitrogens with zero attached hydrogens (tertiary/aromatic N) is 4. The second-order valence-electron chi connectivity index (χ2n) is 9.27. The van der Waals surface area contributed by atoms with E-state index in [0.717, 1.165) is 69.2 Å². The first kappa shape index (κ1) is 23.3. The molecule has 0 atom stereocenters. The van der Waals surface area contributed by atoms with Gasteiger partial charge in [-0.3, -0.25) is 14.4 Å². The van der Waals surface area contributed by atoms with E-state index in [4.69, 9.17) is 0 Å². The van der Waals surface area contributed by atoms with Crippen molar-refractivity contribution in [1.29, 1.82) is 0 Å². The SMILES string of the molecule is Cc1cccc(N2CCN(CCCNC(=O)Cc3c(C)nn(CC(C)C)c3C)CC2)c1. The van der Waals surface area contributed by atoms with E-state index < -0.39 is 0 Å². The Bertz CT molecular complexity index is 865. The van der Waals surface area contributed by atoms with Gasteiger partial charge in [0.25, 0.3) is 0 Å². The summed E-state index contributed by atoms with van der Waals surface area (Å²) in [4.78, 5) is 17.4. The lowest BCUT2D eigenvalue weighted by atomic mass is 10.1. The predicted molar refractivity (Wildman–Crippen MR) is 128 cm³/mol. The fraction of sp³-hybridized carbons (Fsp3) is 0.600. The van der Waals surface area contributed by atoms with Gasteiger partial charge in [0.15, 0.2) is 0 Å². The number of anilines is 1. The molecule has 0 radical (unpaired) electrons. The summed E-state index contributed by atoms with van der Waals surface area (Å²) in [5.74, 6) is 0.637. The Labute approximate surface area is 187 Å². The van der Waals surface area contributed by atoms with E-state index in [2.05, 4.69) is 72.2 Å². The molecule has 0 aliphatic carbocycles. The Morgan fingerprint density at radius 3 is 2.55 bits per heavy atom. The molecule has 6 nitrogen and oxygen atoms in total. The smallest absolute Gasteiger partial charge is 0.224 e. The number of carbonyl (C=O) groups is 1. The first-order valence-corrected chi connectivity index (χ1v) is 11.7. The minimum absolute atomic E-state index is 0.0968. The van der Waals surface area contributed by atoms with Crippen molar-refractivity contribution in [1.82, 2.24) is 20.0 Å². The fourth-order valence-corrected chi connectivity index (χ4v) is 4.32. The van der Waals surface area contributed by atoms with Crippen LogP contribution in [0.3, 0.4) is 0 Å². The summed E-state index contributed by atoms with van der Waals surface area (Å²) >= 11 is 0. The van der Waals surface area contributed by atoms with E-state index in [0.29, 0.717) is 12.3 Å². The van der Waals surface area contributed by atoms with E-state index in [9.17, 15) is 4.79 Å². The average Bonchev–Trinajstić information content (AvgIpc) is 2.98. The second kappa shape index (κ2) is 10.8. The van der Waals surface area contributed by atoms with Crippen LogP contribution in [0.4, 0.5) is 5.69 Å². The molecule has 1 aromatic carbocycles. The van der Waals surface area contributed by atoms with Crippen LogP contribution in [0.1, 0.15) is 42.8 Å². The number of nitrogens with one attached hydrogen (secondary N) is 1. The maximum atomic E-state index is 12.5. The van der Waals surface area contributed by atoms with Crippen molar-refractivity contribution < 1.29 is 4.79 Å². The number of aromatic nitrogens is 2. The van der Waals surface area contributed by atoms with Gasteiger partial charge >= 0.3 is 0 Å². The highest BCUT2D eigenvalue weighted by molar-refractivity contribution is 5.79. The van der Waals surface area contributed by atoms with Gasteiger partial charge in [0.1, 0.15) is 0 Å². The van der Waals surface area contributed by atoms with Crippen molar-refractivity contribution in [3.63, 3.8) is 0 Å². The normalized spacial score (nSPS) is 15.0. The molecule has 1 fully saturated rings. The monoisotopic (exact) mass is 425 g/mol. The van der Waals surface area contributed by atoms with Crippen molar-refractivity contribution >= 4 is 11.6 Å². The van der Waals surface area contributed by atoms with Gasteiger partial charge < -0.3 is 10.2 Å². The summed E-state index contributed by atoms with van der Waals surface area (Å²) in [6.45, 7) is 17.5. The molecule has 0 bridgehead atoms. The summed E-state index contributed by atoms with van der Waals surface area (Å²) in [7, 11) is 0. The summed E-state index contributed by atoms with van der Waals surface area (Å²) in [6, 6.07) is 8.75. The predicted octanol–water partition coefficient (Wildman–Crippen LogP) is 3.34. The zero-order chi connectivity index (χ0) is 22.4. The minimum Gasteiger partial charge on any atom is -0.369 e. The lowest BCUT2D eigenvalue weighted by Gasteiger charge is -2.36. The Balaban J connectivity index is 1.36. The second-order valence-corrected chi connectivity index (χ2v) is 9.27. The number of aryl methyl sites for hydroxylation is 2. The largest absolute Gasteiger partial charge is 0.369 e. The molecule has 1 amide bonds. The van der Waals surface area contributed by atoms with Crippen LogP contribution in [0.25, 0.3) is 0 Å².